The minimum Gasteiger partial charge on any atom is -0.452 e. The van der Waals surface area contributed by atoms with Crippen molar-refractivity contribution < 1.29 is 23.5 Å². The summed E-state index contributed by atoms with van der Waals surface area (Å²) in [6.45, 7) is -0.622. The van der Waals surface area contributed by atoms with Gasteiger partial charge in [-0.25, -0.2) is 14.0 Å². The van der Waals surface area contributed by atoms with Crippen molar-refractivity contribution >= 4 is 17.9 Å². The molecular formula is C11H11FN2O4. The van der Waals surface area contributed by atoms with E-state index >= 15 is 0 Å². The summed E-state index contributed by atoms with van der Waals surface area (Å²) in [5, 5.41) is 4.07. The number of rotatable bonds is 3. The Labute approximate surface area is 102 Å². The van der Waals surface area contributed by atoms with Crippen molar-refractivity contribution in [1.29, 1.82) is 0 Å². The first-order valence-electron chi connectivity index (χ1n) is 4.97. The molecule has 1 rings (SSSR count). The maximum absolute atomic E-state index is 12.8. The second-order valence-electron chi connectivity index (χ2n) is 3.21. The Kier molecular flexibility index (Phi) is 4.79. The monoisotopic (exact) mass is 254 g/mol. The molecule has 0 radical (unpaired) electrons. The molecule has 18 heavy (non-hydrogen) atoms. The molecule has 96 valence electrons. The molecule has 0 saturated carbocycles. The molecular weight excluding hydrogens is 243 g/mol. The Morgan fingerprint density at radius 2 is 2.06 bits per heavy atom. The average molecular weight is 254 g/mol. The summed E-state index contributed by atoms with van der Waals surface area (Å²) >= 11 is 0. The van der Waals surface area contributed by atoms with Crippen molar-refractivity contribution in [1.82, 2.24) is 10.6 Å². The van der Waals surface area contributed by atoms with Crippen molar-refractivity contribution in [3.8, 4) is 0 Å². The molecule has 0 atom stereocenters. The SMILES string of the molecule is CNC(=O)NC(=O)COC(=O)c1cccc(F)c1. The van der Waals surface area contributed by atoms with Gasteiger partial charge in [-0.3, -0.25) is 10.1 Å². The summed E-state index contributed by atoms with van der Waals surface area (Å²) < 4.78 is 17.4. The topological polar surface area (TPSA) is 84.5 Å². The van der Waals surface area contributed by atoms with Crippen LogP contribution in [0.5, 0.6) is 0 Å². The summed E-state index contributed by atoms with van der Waals surface area (Å²) in [5.74, 6) is -2.21. The maximum Gasteiger partial charge on any atom is 0.338 e. The Hall–Kier alpha value is -2.44. The lowest BCUT2D eigenvalue weighted by Crippen LogP contribution is -2.39. The van der Waals surface area contributed by atoms with E-state index < -0.39 is 30.3 Å². The summed E-state index contributed by atoms with van der Waals surface area (Å²) in [7, 11) is 1.33. The number of carbonyl (C=O) groups is 3. The highest BCUT2D eigenvalue weighted by Gasteiger charge is 2.12. The molecule has 0 bridgehead atoms. The van der Waals surface area contributed by atoms with Gasteiger partial charge in [0.05, 0.1) is 5.56 Å². The van der Waals surface area contributed by atoms with Gasteiger partial charge in [0.15, 0.2) is 6.61 Å². The van der Waals surface area contributed by atoms with E-state index in [0.29, 0.717) is 0 Å². The third-order valence-electron chi connectivity index (χ3n) is 1.87. The number of amides is 3. The fraction of sp³-hybridized carbons (Fsp3) is 0.182. The zero-order valence-electron chi connectivity index (χ0n) is 9.53. The molecule has 0 fully saturated rings. The average Bonchev–Trinajstić information content (AvgIpc) is 2.35. The number of benzene rings is 1. The van der Waals surface area contributed by atoms with Gasteiger partial charge in [0.25, 0.3) is 5.91 Å². The van der Waals surface area contributed by atoms with E-state index in [0.717, 1.165) is 6.07 Å². The standard InChI is InChI=1S/C11H11FN2O4/c1-13-11(17)14-9(15)6-18-10(16)7-3-2-4-8(12)5-7/h2-5H,6H2,1H3,(H2,13,14,15,17). The fourth-order valence-corrected chi connectivity index (χ4v) is 1.06. The molecule has 3 amide bonds. The largest absolute Gasteiger partial charge is 0.452 e. The van der Waals surface area contributed by atoms with E-state index in [9.17, 15) is 18.8 Å². The molecule has 0 aromatic heterocycles. The molecule has 0 saturated heterocycles. The van der Waals surface area contributed by atoms with Gasteiger partial charge < -0.3 is 10.1 Å². The predicted octanol–water partition coefficient (Wildman–Crippen LogP) is 0.438. The Morgan fingerprint density at radius 1 is 1.33 bits per heavy atom. The molecule has 7 heteroatoms. The van der Waals surface area contributed by atoms with E-state index in [1.807, 2.05) is 5.32 Å². The first kappa shape index (κ1) is 13.6. The van der Waals surface area contributed by atoms with Crippen LogP contribution in [0.2, 0.25) is 0 Å². The molecule has 0 aliphatic carbocycles. The van der Waals surface area contributed by atoms with Crippen LogP contribution in [-0.4, -0.2) is 31.6 Å². The number of hydrogen-bond donors (Lipinski definition) is 2. The van der Waals surface area contributed by atoms with Crippen LogP contribution in [0.15, 0.2) is 24.3 Å². The first-order valence-corrected chi connectivity index (χ1v) is 4.97. The Balaban J connectivity index is 2.46. The lowest BCUT2D eigenvalue weighted by atomic mass is 10.2. The smallest absolute Gasteiger partial charge is 0.338 e. The van der Waals surface area contributed by atoms with Crippen molar-refractivity contribution in [2.75, 3.05) is 13.7 Å². The second-order valence-corrected chi connectivity index (χ2v) is 3.21. The molecule has 0 unspecified atom stereocenters. The lowest BCUT2D eigenvalue weighted by molar-refractivity contribution is -0.123. The number of halogens is 1. The van der Waals surface area contributed by atoms with Crippen LogP contribution in [0, 0.1) is 5.82 Å². The van der Waals surface area contributed by atoms with Gasteiger partial charge in [-0.2, -0.15) is 0 Å². The second kappa shape index (κ2) is 6.33. The maximum atomic E-state index is 12.8. The molecule has 0 heterocycles. The van der Waals surface area contributed by atoms with Crippen LogP contribution in [-0.2, 0) is 9.53 Å². The molecule has 1 aromatic carbocycles. The minimum atomic E-state index is -0.846. The van der Waals surface area contributed by atoms with Crippen LogP contribution in [0.25, 0.3) is 0 Å². The van der Waals surface area contributed by atoms with Gasteiger partial charge in [-0.1, -0.05) is 6.07 Å². The molecule has 1 aromatic rings. The van der Waals surface area contributed by atoms with Crippen LogP contribution in [0.3, 0.4) is 0 Å². The predicted molar refractivity (Wildman–Crippen MR) is 59.3 cm³/mol. The van der Waals surface area contributed by atoms with E-state index in [4.69, 9.17) is 0 Å². The summed E-state index contributed by atoms with van der Waals surface area (Å²) in [6.07, 6.45) is 0. The van der Waals surface area contributed by atoms with Gasteiger partial charge in [0.2, 0.25) is 0 Å². The first-order chi connectivity index (χ1) is 8.52. The Bertz CT molecular complexity index is 476. The normalized spacial score (nSPS) is 9.44. The summed E-state index contributed by atoms with van der Waals surface area (Å²) in [6, 6.07) is 4.15. The van der Waals surface area contributed by atoms with Crippen molar-refractivity contribution in [2.45, 2.75) is 0 Å². The number of nitrogens with one attached hydrogen (secondary N) is 2. The van der Waals surface area contributed by atoms with Crippen molar-refractivity contribution in [2.24, 2.45) is 0 Å². The number of urea groups is 1. The highest BCUT2D eigenvalue weighted by molar-refractivity contribution is 5.96. The van der Waals surface area contributed by atoms with Crippen LogP contribution < -0.4 is 10.6 Å². The van der Waals surface area contributed by atoms with E-state index in [2.05, 4.69) is 10.1 Å². The zero-order valence-corrected chi connectivity index (χ0v) is 9.53. The number of esters is 1. The van der Waals surface area contributed by atoms with Gasteiger partial charge >= 0.3 is 12.0 Å². The number of hydrogen-bond acceptors (Lipinski definition) is 4. The highest BCUT2D eigenvalue weighted by Crippen LogP contribution is 2.04. The number of carbonyl (C=O) groups excluding carboxylic acids is 3. The summed E-state index contributed by atoms with van der Waals surface area (Å²) in [5.41, 5.74) is -0.0113. The van der Waals surface area contributed by atoms with Gasteiger partial charge in [-0.05, 0) is 18.2 Å². The molecule has 2 N–H and O–H groups in total. The fourth-order valence-electron chi connectivity index (χ4n) is 1.06. The van der Waals surface area contributed by atoms with Crippen LogP contribution in [0.1, 0.15) is 10.4 Å². The van der Waals surface area contributed by atoms with Gasteiger partial charge in [0.1, 0.15) is 5.82 Å². The number of ether oxygens (including phenoxy) is 1. The summed E-state index contributed by atoms with van der Waals surface area (Å²) in [4.78, 5) is 33.2. The highest BCUT2D eigenvalue weighted by atomic mass is 19.1. The third-order valence-corrected chi connectivity index (χ3v) is 1.87. The van der Waals surface area contributed by atoms with Gasteiger partial charge in [-0.15, -0.1) is 0 Å². The molecule has 0 aliphatic heterocycles. The van der Waals surface area contributed by atoms with E-state index in [-0.39, 0.29) is 5.56 Å². The molecule has 6 nitrogen and oxygen atoms in total. The minimum absolute atomic E-state index is 0.0113. The zero-order chi connectivity index (χ0) is 13.5. The molecule has 0 spiro atoms. The third kappa shape index (κ3) is 4.20. The van der Waals surface area contributed by atoms with Crippen molar-refractivity contribution in [3.63, 3.8) is 0 Å². The van der Waals surface area contributed by atoms with Gasteiger partial charge in [0, 0.05) is 7.05 Å². The van der Waals surface area contributed by atoms with E-state index in [1.165, 1.54) is 25.2 Å². The number of imide groups is 1. The molecule has 0 aliphatic rings. The quantitative estimate of drug-likeness (QED) is 0.766. The van der Waals surface area contributed by atoms with Crippen LogP contribution >= 0.6 is 0 Å². The van der Waals surface area contributed by atoms with E-state index in [1.54, 1.807) is 0 Å². The van der Waals surface area contributed by atoms with Crippen LogP contribution in [0.4, 0.5) is 9.18 Å². The van der Waals surface area contributed by atoms with Crippen molar-refractivity contribution in [3.05, 3.63) is 35.6 Å². The Morgan fingerprint density at radius 3 is 2.67 bits per heavy atom. The lowest BCUT2D eigenvalue weighted by Gasteiger charge is -2.05.